The molecule has 1 heterocycles. The van der Waals surface area contributed by atoms with Gasteiger partial charge in [-0.3, -0.25) is 9.59 Å². The van der Waals surface area contributed by atoms with Gasteiger partial charge in [-0.25, -0.2) is 4.39 Å². The number of carbonyl (C=O) groups is 2. The summed E-state index contributed by atoms with van der Waals surface area (Å²) in [4.78, 5) is 27.3. The van der Waals surface area contributed by atoms with Crippen LogP contribution in [0.1, 0.15) is 22.7 Å². The first-order chi connectivity index (χ1) is 15.4. The molecule has 1 amide bonds. The van der Waals surface area contributed by atoms with Gasteiger partial charge in [0.25, 0.3) is 11.7 Å². The first-order valence-corrected chi connectivity index (χ1v) is 9.85. The standard InChI is InChI=1S/C25H20FNO5/c1-32-20-7-3-5-17(13-20)23(29)21-22(16-4-2-6-19(28)12-16)27(25(31)24(21)30)14-15-8-10-18(26)11-9-15/h2-13,22,28-29H,14H2,1H3/b23-21-. The Kier molecular flexibility index (Phi) is 5.64. The second-order valence-corrected chi connectivity index (χ2v) is 7.38. The lowest BCUT2D eigenvalue weighted by Gasteiger charge is -2.25. The van der Waals surface area contributed by atoms with Crippen LogP contribution in [-0.2, 0) is 16.1 Å². The zero-order chi connectivity index (χ0) is 22.8. The maximum Gasteiger partial charge on any atom is 0.295 e. The van der Waals surface area contributed by atoms with E-state index in [2.05, 4.69) is 0 Å². The van der Waals surface area contributed by atoms with Gasteiger partial charge in [0.1, 0.15) is 23.1 Å². The van der Waals surface area contributed by atoms with Gasteiger partial charge in [0.2, 0.25) is 0 Å². The van der Waals surface area contributed by atoms with E-state index in [9.17, 15) is 24.2 Å². The third kappa shape index (κ3) is 3.92. The van der Waals surface area contributed by atoms with Crippen LogP contribution in [0.2, 0.25) is 0 Å². The van der Waals surface area contributed by atoms with Crippen molar-refractivity contribution >= 4 is 17.4 Å². The van der Waals surface area contributed by atoms with E-state index in [1.54, 1.807) is 36.4 Å². The number of halogens is 1. The molecule has 162 valence electrons. The number of ether oxygens (including phenoxy) is 1. The van der Waals surface area contributed by atoms with Crippen molar-refractivity contribution in [2.45, 2.75) is 12.6 Å². The Labute approximate surface area is 183 Å². The molecule has 0 spiro atoms. The molecule has 0 aromatic heterocycles. The van der Waals surface area contributed by atoms with Crippen molar-refractivity contribution in [2.24, 2.45) is 0 Å². The summed E-state index contributed by atoms with van der Waals surface area (Å²) < 4.78 is 18.5. The molecule has 0 saturated carbocycles. The van der Waals surface area contributed by atoms with Crippen LogP contribution in [-0.4, -0.2) is 33.9 Å². The van der Waals surface area contributed by atoms with Crippen molar-refractivity contribution in [1.29, 1.82) is 0 Å². The van der Waals surface area contributed by atoms with Gasteiger partial charge in [0, 0.05) is 12.1 Å². The number of nitrogens with zero attached hydrogens (tertiary/aromatic N) is 1. The molecule has 1 atom stereocenters. The van der Waals surface area contributed by atoms with Gasteiger partial charge in [-0.15, -0.1) is 0 Å². The SMILES string of the molecule is COc1cccc(/C(O)=C2/C(=O)C(=O)N(Cc3ccc(F)cc3)C2c2cccc(O)c2)c1. The van der Waals surface area contributed by atoms with Gasteiger partial charge >= 0.3 is 0 Å². The number of phenols is 1. The van der Waals surface area contributed by atoms with Crippen LogP contribution in [0.5, 0.6) is 11.5 Å². The number of aliphatic hydroxyl groups is 1. The zero-order valence-corrected chi connectivity index (χ0v) is 17.2. The van der Waals surface area contributed by atoms with Gasteiger partial charge in [0.15, 0.2) is 0 Å². The predicted octanol–water partition coefficient (Wildman–Crippen LogP) is 4.16. The zero-order valence-electron chi connectivity index (χ0n) is 17.2. The van der Waals surface area contributed by atoms with E-state index >= 15 is 0 Å². The Morgan fingerprint density at radius 3 is 2.44 bits per heavy atom. The van der Waals surface area contributed by atoms with E-state index in [0.29, 0.717) is 22.4 Å². The number of amides is 1. The molecule has 0 radical (unpaired) electrons. The van der Waals surface area contributed by atoms with Crippen LogP contribution in [0.15, 0.2) is 78.4 Å². The third-order valence-corrected chi connectivity index (χ3v) is 5.34. The molecule has 1 aliphatic rings. The summed E-state index contributed by atoms with van der Waals surface area (Å²) in [5, 5.41) is 21.1. The number of likely N-dealkylation sites (tertiary alicyclic amines) is 1. The number of methoxy groups -OCH3 is 1. The fourth-order valence-corrected chi connectivity index (χ4v) is 3.80. The molecule has 3 aromatic carbocycles. The van der Waals surface area contributed by atoms with Crippen LogP contribution >= 0.6 is 0 Å². The number of rotatable bonds is 5. The third-order valence-electron chi connectivity index (χ3n) is 5.34. The van der Waals surface area contributed by atoms with Crippen molar-refractivity contribution in [1.82, 2.24) is 4.90 Å². The van der Waals surface area contributed by atoms with Crippen molar-refractivity contribution in [3.8, 4) is 11.5 Å². The number of hydrogen-bond donors (Lipinski definition) is 2. The van der Waals surface area contributed by atoms with E-state index < -0.39 is 23.5 Å². The summed E-state index contributed by atoms with van der Waals surface area (Å²) in [7, 11) is 1.48. The fraction of sp³-hybridized carbons (Fsp3) is 0.120. The molecule has 7 heteroatoms. The number of aliphatic hydroxyl groups excluding tert-OH is 1. The molecule has 32 heavy (non-hydrogen) atoms. The van der Waals surface area contributed by atoms with Crippen LogP contribution in [0.25, 0.3) is 5.76 Å². The lowest BCUT2D eigenvalue weighted by Crippen LogP contribution is -2.29. The predicted molar refractivity (Wildman–Crippen MR) is 115 cm³/mol. The normalized spacial score (nSPS) is 17.6. The summed E-state index contributed by atoms with van der Waals surface area (Å²) in [6.45, 7) is 0.0140. The van der Waals surface area contributed by atoms with Crippen molar-refractivity contribution in [2.75, 3.05) is 7.11 Å². The number of Topliss-reactive ketones (excluding diaryl/α,β-unsaturated/α-hetero) is 1. The average Bonchev–Trinajstić information content (AvgIpc) is 3.05. The second-order valence-electron chi connectivity index (χ2n) is 7.38. The van der Waals surface area contributed by atoms with Gasteiger partial charge in [-0.1, -0.05) is 36.4 Å². The summed E-state index contributed by atoms with van der Waals surface area (Å²) in [6.07, 6.45) is 0. The molecule has 1 saturated heterocycles. The van der Waals surface area contributed by atoms with E-state index in [1.807, 2.05) is 0 Å². The van der Waals surface area contributed by atoms with Gasteiger partial charge in [-0.2, -0.15) is 0 Å². The Morgan fingerprint density at radius 1 is 1.03 bits per heavy atom. The number of phenolic OH excluding ortho intramolecular Hbond substituents is 1. The van der Waals surface area contributed by atoms with E-state index in [0.717, 1.165) is 0 Å². The fourth-order valence-electron chi connectivity index (χ4n) is 3.80. The van der Waals surface area contributed by atoms with Crippen LogP contribution in [0.3, 0.4) is 0 Å². The monoisotopic (exact) mass is 433 g/mol. The lowest BCUT2D eigenvalue weighted by molar-refractivity contribution is -0.140. The minimum absolute atomic E-state index is 0.0140. The summed E-state index contributed by atoms with van der Waals surface area (Å²) in [6, 6.07) is 17.3. The summed E-state index contributed by atoms with van der Waals surface area (Å²) in [5.41, 5.74) is 1.28. The molecule has 1 unspecified atom stereocenters. The topological polar surface area (TPSA) is 87.1 Å². The Morgan fingerprint density at radius 2 is 1.75 bits per heavy atom. The highest BCUT2D eigenvalue weighted by atomic mass is 19.1. The molecule has 0 aliphatic carbocycles. The van der Waals surface area contributed by atoms with Crippen LogP contribution in [0.4, 0.5) is 4.39 Å². The van der Waals surface area contributed by atoms with E-state index in [1.165, 1.54) is 48.4 Å². The molecular weight excluding hydrogens is 413 g/mol. The van der Waals surface area contributed by atoms with Crippen LogP contribution < -0.4 is 4.74 Å². The minimum atomic E-state index is -0.946. The number of carbonyl (C=O) groups excluding carboxylic acids is 2. The first kappa shape index (κ1) is 21.1. The Bertz CT molecular complexity index is 1220. The van der Waals surface area contributed by atoms with Gasteiger partial charge in [0.05, 0.1) is 18.7 Å². The number of ketones is 1. The van der Waals surface area contributed by atoms with Gasteiger partial charge in [-0.05, 0) is 47.5 Å². The summed E-state index contributed by atoms with van der Waals surface area (Å²) >= 11 is 0. The molecule has 1 aliphatic heterocycles. The maximum absolute atomic E-state index is 13.3. The minimum Gasteiger partial charge on any atom is -0.508 e. The Hall–Kier alpha value is -4.13. The highest BCUT2D eigenvalue weighted by molar-refractivity contribution is 6.46. The number of benzene rings is 3. The maximum atomic E-state index is 13.3. The highest BCUT2D eigenvalue weighted by Gasteiger charge is 2.46. The summed E-state index contributed by atoms with van der Waals surface area (Å²) in [5.74, 6) is -1.98. The van der Waals surface area contributed by atoms with Crippen molar-refractivity contribution < 1.29 is 28.9 Å². The quantitative estimate of drug-likeness (QED) is 0.358. The van der Waals surface area contributed by atoms with E-state index in [4.69, 9.17) is 4.74 Å². The van der Waals surface area contributed by atoms with Crippen molar-refractivity contribution in [3.05, 3.63) is 101 Å². The molecule has 0 bridgehead atoms. The molecule has 3 aromatic rings. The van der Waals surface area contributed by atoms with Gasteiger partial charge < -0.3 is 19.8 Å². The smallest absolute Gasteiger partial charge is 0.295 e. The molecule has 6 nitrogen and oxygen atoms in total. The number of hydrogen-bond acceptors (Lipinski definition) is 5. The second kappa shape index (κ2) is 8.55. The molecule has 2 N–H and O–H groups in total. The largest absolute Gasteiger partial charge is 0.508 e. The van der Waals surface area contributed by atoms with Crippen molar-refractivity contribution in [3.63, 3.8) is 0 Å². The first-order valence-electron chi connectivity index (χ1n) is 9.85. The van der Waals surface area contributed by atoms with E-state index in [-0.39, 0.29) is 23.6 Å². The Balaban J connectivity index is 1.86. The lowest BCUT2D eigenvalue weighted by atomic mass is 9.95. The average molecular weight is 433 g/mol. The van der Waals surface area contributed by atoms with Crippen LogP contribution in [0, 0.1) is 5.82 Å². The highest BCUT2D eigenvalue weighted by Crippen LogP contribution is 2.41. The number of aromatic hydroxyl groups is 1. The molecular formula is C25H20FNO5. The molecule has 1 fully saturated rings. The molecule has 4 rings (SSSR count).